The van der Waals surface area contributed by atoms with Gasteiger partial charge in [-0.25, -0.2) is 13.4 Å². The summed E-state index contributed by atoms with van der Waals surface area (Å²) in [6, 6.07) is 15.3. The van der Waals surface area contributed by atoms with Crippen molar-refractivity contribution in [1.82, 2.24) is 4.98 Å². The van der Waals surface area contributed by atoms with Gasteiger partial charge in [0.25, 0.3) is 10.0 Å². The molecule has 0 bridgehead atoms. The number of nitrogens with zero attached hydrogens (tertiary/aromatic N) is 2. The minimum absolute atomic E-state index is 0.0443. The fourth-order valence-corrected chi connectivity index (χ4v) is 5.16. The van der Waals surface area contributed by atoms with Crippen LogP contribution in [0.4, 0.5) is 5.69 Å². The smallest absolute Gasteiger partial charge is 0.263 e. The third-order valence-electron chi connectivity index (χ3n) is 4.39. The van der Waals surface area contributed by atoms with Crippen molar-refractivity contribution in [2.24, 2.45) is 5.73 Å². The standard InChI is InChI=1S/C19H16N4O2S2/c20-10-13-4-1-2-7-18(13)27(24,25)23-14-6-3-5-12(8-14)19-22-11-17(26-19)15-9-16(15)21/h1-8,11,15-16,23H,9,21H2/t15-,16+/m1/s1. The average molecular weight is 396 g/mol. The van der Waals surface area contributed by atoms with Gasteiger partial charge in [-0.3, -0.25) is 4.72 Å². The van der Waals surface area contributed by atoms with Crippen molar-refractivity contribution in [1.29, 1.82) is 5.26 Å². The highest BCUT2D eigenvalue weighted by Gasteiger charge is 2.36. The summed E-state index contributed by atoms with van der Waals surface area (Å²) < 4.78 is 27.9. The number of nitrogens with one attached hydrogen (secondary N) is 1. The van der Waals surface area contributed by atoms with Gasteiger partial charge in [-0.2, -0.15) is 5.26 Å². The highest BCUT2D eigenvalue weighted by atomic mass is 32.2. The van der Waals surface area contributed by atoms with Crippen molar-refractivity contribution in [3.8, 4) is 16.6 Å². The van der Waals surface area contributed by atoms with Crippen LogP contribution < -0.4 is 10.5 Å². The van der Waals surface area contributed by atoms with Gasteiger partial charge in [-0.15, -0.1) is 11.3 Å². The van der Waals surface area contributed by atoms with E-state index >= 15 is 0 Å². The Labute approximate surface area is 161 Å². The number of nitrogens with two attached hydrogens (primary N) is 1. The molecule has 2 atom stereocenters. The fraction of sp³-hybridized carbons (Fsp3) is 0.158. The van der Waals surface area contributed by atoms with Crippen LogP contribution in [0.2, 0.25) is 0 Å². The van der Waals surface area contributed by atoms with Gasteiger partial charge in [0.05, 0.1) is 5.56 Å². The first-order valence-electron chi connectivity index (χ1n) is 8.31. The van der Waals surface area contributed by atoms with Crippen LogP contribution in [0.15, 0.2) is 59.6 Å². The monoisotopic (exact) mass is 396 g/mol. The SMILES string of the molecule is N#Cc1ccccc1S(=O)(=O)Nc1cccc(-c2ncc([C@@H]3C[C@@H]3N)s2)c1. The molecule has 1 fully saturated rings. The van der Waals surface area contributed by atoms with Gasteiger partial charge in [-0.1, -0.05) is 24.3 Å². The summed E-state index contributed by atoms with van der Waals surface area (Å²) in [5, 5.41) is 9.98. The van der Waals surface area contributed by atoms with Crippen LogP contribution >= 0.6 is 11.3 Å². The van der Waals surface area contributed by atoms with E-state index in [9.17, 15) is 8.42 Å². The van der Waals surface area contributed by atoms with Crippen molar-refractivity contribution in [2.75, 3.05) is 4.72 Å². The zero-order chi connectivity index (χ0) is 19.0. The summed E-state index contributed by atoms with van der Waals surface area (Å²) in [6.45, 7) is 0. The Morgan fingerprint density at radius 1 is 1.22 bits per heavy atom. The molecule has 27 heavy (non-hydrogen) atoms. The number of rotatable bonds is 5. The first-order chi connectivity index (χ1) is 13.0. The van der Waals surface area contributed by atoms with Crippen LogP contribution in [-0.2, 0) is 10.0 Å². The Morgan fingerprint density at radius 3 is 2.74 bits per heavy atom. The van der Waals surface area contributed by atoms with Gasteiger partial charge < -0.3 is 5.73 Å². The molecular formula is C19H16N4O2S2. The van der Waals surface area contributed by atoms with Crippen LogP contribution in [0, 0.1) is 11.3 Å². The lowest BCUT2D eigenvalue weighted by atomic mass is 10.2. The molecule has 8 heteroatoms. The number of anilines is 1. The van der Waals surface area contributed by atoms with Gasteiger partial charge in [0.15, 0.2) is 0 Å². The third kappa shape index (κ3) is 3.57. The molecular weight excluding hydrogens is 380 g/mol. The molecule has 3 N–H and O–H groups in total. The molecule has 0 unspecified atom stereocenters. The van der Waals surface area contributed by atoms with E-state index in [1.807, 2.05) is 18.3 Å². The Balaban J connectivity index is 1.61. The Morgan fingerprint density at radius 2 is 2.00 bits per heavy atom. The highest BCUT2D eigenvalue weighted by molar-refractivity contribution is 7.92. The van der Waals surface area contributed by atoms with E-state index in [-0.39, 0.29) is 16.5 Å². The highest BCUT2D eigenvalue weighted by Crippen LogP contribution is 2.43. The Kier molecular flexibility index (Phi) is 4.44. The molecule has 0 radical (unpaired) electrons. The van der Waals surface area contributed by atoms with E-state index in [4.69, 9.17) is 11.0 Å². The number of thiazole rings is 1. The minimum Gasteiger partial charge on any atom is -0.327 e. The number of aromatic nitrogens is 1. The maximum atomic E-state index is 12.7. The Hall–Kier alpha value is -2.73. The number of sulfonamides is 1. The number of nitriles is 1. The molecule has 1 heterocycles. The molecule has 1 aliphatic carbocycles. The van der Waals surface area contributed by atoms with Crippen molar-refractivity contribution in [3.63, 3.8) is 0 Å². The lowest BCUT2D eigenvalue weighted by Gasteiger charge is -2.10. The molecule has 6 nitrogen and oxygen atoms in total. The summed E-state index contributed by atoms with van der Waals surface area (Å²) in [5.74, 6) is 0.389. The van der Waals surface area contributed by atoms with E-state index in [1.54, 1.807) is 41.7 Å². The summed E-state index contributed by atoms with van der Waals surface area (Å²) in [5.41, 5.74) is 7.25. The van der Waals surface area contributed by atoms with Crippen molar-refractivity contribution >= 4 is 27.0 Å². The van der Waals surface area contributed by atoms with Crippen LogP contribution in [0.25, 0.3) is 10.6 Å². The molecule has 1 aliphatic rings. The normalized spacial score (nSPS) is 18.7. The second-order valence-electron chi connectivity index (χ2n) is 6.37. The maximum absolute atomic E-state index is 12.7. The molecule has 3 aromatic rings. The summed E-state index contributed by atoms with van der Waals surface area (Å²) >= 11 is 1.58. The van der Waals surface area contributed by atoms with Gasteiger partial charge in [0.2, 0.25) is 0 Å². The second-order valence-corrected chi connectivity index (χ2v) is 9.08. The lowest BCUT2D eigenvalue weighted by molar-refractivity contribution is 0.601. The van der Waals surface area contributed by atoms with Crippen LogP contribution in [-0.4, -0.2) is 19.4 Å². The van der Waals surface area contributed by atoms with Gasteiger partial charge in [0.1, 0.15) is 16.0 Å². The quantitative estimate of drug-likeness (QED) is 0.688. The van der Waals surface area contributed by atoms with Crippen molar-refractivity contribution in [3.05, 3.63) is 65.2 Å². The van der Waals surface area contributed by atoms with Gasteiger partial charge >= 0.3 is 0 Å². The van der Waals surface area contributed by atoms with Gasteiger partial charge in [0, 0.05) is 34.3 Å². The predicted octanol–water partition coefficient (Wildman–Crippen LogP) is 3.30. The number of hydrogen-bond acceptors (Lipinski definition) is 6. The van der Waals surface area contributed by atoms with E-state index in [0.29, 0.717) is 11.6 Å². The van der Waals surface area contributed by atoms with Crippen LogP contribution in [0.5, 0.6) is 0 Å². The average Bonchev–Trinajstić information content (AvgIpc) is 3.19. The Bertz CT molecular complexity index is 1150. The zero-order valence-electron chi connectivity index (χ0n) is 14.2. The van der Waals surface area contributed by atoms with Crippen molar-refractivity contribution in [2.45, 2.75) is 23.3 Å². The van der Waals surface area contributed by atoms with Crippen LogP contribution in [0.1, 0.15) is 22.8 Å². The predicted molar refractivity (Wildman–Crippen MR) is 105 cm³/mol. The van der Waals surface area contributed by atoms with Gasteiger partial charge in [-0.05, 0) is 30.7 Å². The second kappa shape index (κ2) is 6.78. The van der Waals surface area contributed by atoms with E-state index in [0.717, 1.165) is 21.9 Å². The minimum atomic E-state index is -3.87. The molecule has 2 aromatic carbocycles. The largest absolute Gasteiger partial charge is 0.327 e. The number of benzene rings is 2. The lowest BCUT2D eigenvalue weighted by Crippen LogP contribution is -2.14. The molecule has 1 saturated carbocycles. The van der Waals surface area contributed by atoms with Crippen LogP contribution in [0.3, 0.4) is 0 Å². The first-order valence-corrected chi connectivity index (χ1v) is 10.6. The third-order valence-corrected chi connectivity index (χ3v) is 7.01. The topological polar surface area (TPSA) is 109 Å². The summed E-state index contributed by atoms with van der Waals surface area (Å²) in [4.78, 5) is 5.56. The molecule has 0 amide bonds. The zero-order valence-corrected chi connectivity index (χ0v) is 15.8. The molecule has 0 aliphatic heterocycles. The molecule has 136 valence electrons. The van der Waals surface area contributed by atoms with E-state index in [2.05, 4.69) is 9.71 Å². The summed E-state index contributed by atoms with van der Waals surface area (Å²) in [7, 11) is -3.87. The van der Waals surface area contributed by atoms with E-state index < -0.39 is 10.0 Å². The number of hydrogen-bond donors (Lipinski definition) is 2. The first kappa shape index (κ1) is 17.7. The van der Waals surface area contributed by atoms with Crippen molar-refractivity contribution < 1.29 is 8.42 Å². The van der Waals surface area contributed by atoms with E-state index in [1.165, 1.54) is 12.1 Å². The fourth-order valence-electron chi connectivity index (χ4n) is 2.85. The summed E-state index contributed by atoms with van der Waals surface area (Å²) in [6.07, 6.45) is 2.83. The molecule has 0 spiro atoms. The molecule has 1 aromatic heterocycles. The maximum Gasteiger partial charge on any atom is 0.263 e. The molecule has 0 saturated heterocycles. The molecule has 4 rings (SSSR count).